The van der Waals surface area contributed by atoms with Gasteiger partial charge in [0.1, 0.15) is 0 Å². The van der Waals surface area contributed by atoms with Gasteiger partial charge in [0, 0.05) is 24.6 Å². The average Bonchev–Trinajstić information content (AvgIpc) is 2.48. The fourth-order valence-corrected chi connectivity index (χ4v) is 3.35. The number of nitrogens with one attached hydrogen (secondary N) is 1. The highest BCUT2D eigenvalue weighted by Crippen LogP contribution is 2.15. The number of hydrogen-bond acceptors (Lipinski definition) is 3. The van der Waals surface area contributed by atoms with Crippen LogP contribution in [0.3, 0.4) is 0 Å². The number of benzene rings is 1. The number of nitrogens with zero attached hydrogens (tertiary/aromatic N) is 1. The van der Waals surface area contributed by atoms with E-state index in [1.54, 1.807) is 0 Å². The predicted octanol–water partition coefficient (Wildman–Crippen LogP) is 2.38. The Morgan fingerprint density at radius 1 is 1.40 bits per heavy atom. The fraction of sp³-hybridized carbons (Fsp3) is 0.562. The van der Waals surface area contributed by atoms with Crippen molar-refractivity contribution in [2.75, 3.05) is 32.4 Å². The Balaban J connectivity index is 1.57. The van der Waals surface area contributed by atoms with Crippen molar-refractivity contribution in [3.8, 4) is 0 Å². The lowest BCUT2D eigenvalue weighted by molar-refractivity contribution is -0.126. The van der Waals surface area contributed by atoms with Crippen LogP contribution < -0.4 is 5.32 Å². The highest BCUT2D eigenvalue weighted by Gasteiger charge is 2.23. The summed E-state index contributed by atoms with van der Waals surface area (Å²) in [6.07, 6.45) is 2.17. The van der Waals surface area contributed by atoms with Crippen LogP contribution in [0.1, 0.15) is 18.4 Å². The largest absolute Gasteiger partial charge is 0.355 e. The highest BCUT2D eigenvalue weighted by molar-refractivity contribution is 7.98. The van der Waals surface area contributed by atoms with Crippen LogP contribution >= 0.6 is 11.8 Å². The Bertz CT molecular complexity index is 410. The molecule has 0 aliphatic carbocycles. The van der Waals surface area contributed by atoms with Crippen molar-refractivity contribution in [1.29, 1.82) is 0 Å². The molecule has 1 fully saturated rings. The number of carbonyl (C=O) groups excluding carboxylic acids is 1. The van der Waals surface area contributed by atoms with Crippen LogP contribution in [0, 0.1) is 5.92 Å². The zero-order valence-corrected chi connectivity index (χ0v) is 13.0. The molecule has 0 spiro atoms. The van der Waals surface area contributed by atoms with Gasteiger partial charge in [-0.05, 0) is 32.0 Å². The van der Waals surface area contributed by atoms with E-state index < -0.39 is 0 Å². The van der Waals surface area contributed by atoms with Crippen LogP contribution in [0.15, 0.2) is 30.3 Å². The van der Waals surface area contributed by atoms with Crippen molar-refractivity contribution in [1.82, 2.24) is 10.2 Å². The smallest absolute Gasteiger partial charge is 0.224 e. The van der Waals surface area contributed by atoms with Gasteiger partial charge in [-0.1, -0.05) is 30.3 Å². The zero-order chi connectivity index (χ0) is 14.2. The van der Waals surface area contributed by atoms with Crippen LogP contribution in [0.4, 0.5) is 0 Å². The molecule has 110 valence electrons. The molecule has 1 saturated heterocycles. The minimum atomic E-state index is 0.188. The van der Waals surface area contributed by atoms with Gasteiger partial charge in [-0.2, -0.15) is 11.8 Å². The summed E-state index contributed by atoms with van der Waals surface area (Å²) in [5.74, 6) is 2.41. The number of amides is 1. The van der Waals surface area contributed by atoms with E-state index in [0.717, 1.165) is 44.0 Å². The van der Waals surface area contributed by atoms with Crippen molar-refractivity contribution in [2.45, 2.75) is 18.6 Å². The Morgan fingerprint density at radius 2 is 2.20 bits per heavy atom. The van der Waals surface area contributed by atoms with Crippen molar-refractivity contribution in [3.63, 3.8) is 0 Å². The molecule has 4 heteroatoms. The van der Waals surface area contributed by atoms with Gasteiger partial charge >= 0.3 is 0 Å². The predicted molar refractivity (Wildman–Crippen MR) is 85.8 cm³/mol. The second-order valence-electron chi connectivity index (χ2n) is 5.43. The lowest BCUT2D eigenvalue weighted by Crippen LogP contribution is -2.41. The van der Waals surface area contributed by atoms with Gasteiger partial charge in [-0.15, -0.1) is 0 Å². The maximum atomic E-state index is 12.0. The van der Waals surface area contributed by atoms with E-state index in [0.29, 0.717) is 0 Å². The number of piperidine rings is 1. The molecule has 0 saturated carbocycles. The lowest BCUT2D eigenvalue weighted by Gasteiger charge is -2.28. The molecule has 1 aromatic carbocycles. The van der Waals surface area contributed by atoms with Crippen molar-refractivity contribution < 1.29 is 4.79 Å². The van der Waals surface area contributed by atoms with Crippen LogP contribution in [0.2, 0.25) is 0 Å². The lowest BCUT2D eigenvalue weighted by atomic mass is 9.98. The maximum absolute atomic E-state index is 12.0. The first-order valence-electron chi connectivity index (χ1n) is 7.33. The van der Waals surface area contributed by atoms with E-state index >= 15 is 0 Å². The molecule has 3 nitrogen and oxygen atoms in total. The first kappa shape index (κ1) is 15.4. The van der Waals surface area contributed by atoms with Crippen molar-refractivity contribution in [3.05, 3.63) is 35.9 Å². The first-order chi connectivity index (χ1) is 9.75. The minimum Gasteiger partial charge on any atom is -0.355 e. The molecule has 0 bridgehead atoms. The van der Waals surface area contributed by atoms with Gasteiger partial charge in [-0.25, -0.2) is 0 Å². The SMILES string of the molecule is CN1CCCC(C(=O)NCCSCc2ccccc2)C1. The van der Waals surface area contributed by atoms with E-state index in [2.05, 4.69) is 41.5 Å². The molecule has 1 atom stereocenters. The Hall–Kier alpha value is -1.00. The van der Waals surface area contributed by atoms with E-state index in [9.17, 15) is 4.79 Å². The third-order valence-corrected chi connectivity index (χ3v) is 4.68. The van der Waals surface area contributed by atoms with Gasteiger partial charge < -0.3 is 10.2 Å². The Morgan fingerprint density at radius 3 is 2.95 bits per heavy atom. The molecule has 0 aromatic heterocycles. The number of thioether (sulfide) groups is 1. The van der Waals surface area contributed by atoms with Crippen LogP contribution in [0.5, 0.6) is 0 Å². The molecule has 1 aliphatic heterocycles. The van der Waals surface area contributed by atoms with Crippen LogP contribution in [0.25, 0.3) is 0 Å². The third-order valence-electron chi connectivity index (χ3n) is 3.65. The number of likely N-dealkylation sites (tertiary alicyclic amines) is 1. The topological polar surface area (TPSA) is 32.3 Å². The summed E-state index contributed by atoms with van der Waals surface area (Å²) < 4.78 is 0. The van der Waals surface area contributed by atoms with E-state index in [-0.39, 0.29) is 11.8 Å². The van der Waals surface area contributed by atoms with E-state index in [1.807, 2.05) is 17.8 Å². The fourth-order valence-electron chi connectivity index (χ4n) is 2.54. The molecule has 1 heterocycles. The zero-order valence-electron chi connectivity index (χ0n) is 12.2. The third kappa shape index (κ3) is 5.17. The van der Waals surface area contributed by atoms with Gasteiger partial charge in [-0.3, -0.25) is 4.79 Å². The first-order valence-corrected chi connectivity index (χ1v) is 8.49. The second kappa shape index (κ2) is 8.32. The van der Waals surface area contributed by atoms with Gasteiger partial charge in [0.2, 0.25) is 5.91 Å². The van der Waals surface area contributed by atoms with E-state index in [4.69, 9.17) is 0 Å². The summed E-state index contributed by atoms with van der Waals surface area (Å²) in [7, 11) is 2.09. The molecule has 1 N–H and O–H groups in total. The Labute approximate surface area is 126 Å². The van der Waals surface area contributed by atoms with Crippen LogP contribution in [-0.2, 0) is 10.5 Å². The maximum Gasteiger partial charge on any atom is 0.224 e. The van der Waals surface area contributed by atoms with Crippen molar-refractivity contribution in [2.24, 2.45) is 5.92 Å². The van der Waals surface area contributed by atoms with Gasteiger partial charge in [0.15, 0.2) is 0 Å². The summed E-state index contributed by atoms with van der Waals surface area (Å²) in [6.45, 7) is 2.80. The number of hydrogen-bond donors (Lipinski definition) is 1. The Kier molecular flexibility index (Phi) is 6.40. The second-order valence-corrected chi connectivity index (χ2v) is 6.54. The normalized spacial score (nSPS) is 19.8. The molecule has 1 unspecified atom stereocenters. The molecular weight excluding hydrogens is 268 g/mol. The molecule has 2 rings (SSSR count). The summed E-state index contributed by atoms with van der Waals surface area (Å²) in [5.41, 5.74) is 1.35. The summed E-state index contributed by atoms with van der Waals surface area (Å²) in [4.78, 5) is 14.3. The number of rotatable bonds is 6. The monoisotopic (exact) mass is 292 g/mol. The van der Waals surface area contributed by atoms with E-state index in [1.165, 1.54) is 5.56 Å². The summed E-state index contributed by atoms with van der Waals surface area (Å²) >= 11 is 1.87. The quantitative estimate of drug-likeness (QED) is 0.817. The van der Waals surface area contributed by atoms with Crippen LogP contribution in [-0.4, -0.2) is 43.2 Å². The molecule has 20 heavy (non-hydrogen) atoms. The molecule has 0 radical (unpaired) electrons. The average molecular weight is 292 g/mol. The van der Waals surface area contributed by atoms with Crippen molar-refractivity contribution >= 4 is 17.7 Å². The standard InChI is InChI=1S/C16H24N2OS/c1-18-10-5-8-15(12-18)16(19)17-9-11-20-13-14-6-3-2-4-7-14/h2-4,6-7,15H,5,8-13H2,1H3,(H,17,19). The molecule has 1 amide bonds. The van der Waals surface area contributed by atoms with Gasteiger partial charge in [0.05, 0.1) is 5.92 Å². The summed E-state index contributed by atoms with van der Waals surface area (Å²) in [5, 5.41) is 3.07. The molecule has 1 aromatic rings. The molecule has 1 aliphatic rings. The van der Waals surface area contributed by atoms with Gasteiger partial charge in [0.25, 0.3) is 0 Å². The molecular formula is C16H24N2OS. The minimum absolute atomic E-state index is 0.188. The highest BCUT2D eigenvalue weighted by atomic mass is 32.2. The summed E-state index contributed by atoms with van der Waals surface area (Å²) in [6, 6.07) is 10.5. The number of carbonyl (C=O) groups is 1.